The first-order chi connectivity index (χ1) is 17.6. The number of allylic oxidation sites excluding steroid dienone is 1. The van der Waals surface area contributed by atoms with Crippen molar-refractivity contribution in [1.82, 2.24) is 4.98 Å². The van der Waals surface area contributed by atoms with Gasteiger partial charge >= 0.3 is 7.12 Å². The maximum absolute atomic E-state index is 6.25. The van der Waals surface area contributed by atoms with Crippen LogP contribution in [0.3, 0.4) is 0 Å². The first-order valence-corrected chi connectivity index (χ1v) is 13.8. The molecule has 4 heteroatoms. The quantitative estimate of drug-likeness (QED) is 0.261. The molecule has 0 amide bonds. The van der Waals surface area contributed by atoms with E-state index in [4.69, 9.17) is 14.3 Å². The van der Waals surface area contributed by atoms with E-state index in [0.29, 0.717) is 5.92 Å². The van der Waals surface area contributed by atoms with Gasteiger partial charge < -0.3 is 9.31 Å². The van der Waals surface area contributed by atoms with Crippen molar-refractivity contribution in [1.29, 1.82) is 0 Å². The fourth-order valence-electron chi connectivity index (χ4n) is 5.74. The third-order valence-electron chi connectivity index (χ3n) is 8.48. The van der Waals surface area contributed by atoms with Gasteiger partial charge in [0.05, 0.1) is 16.9 Å². The van der Waals surface area contributed by atoms with Crippen molar-refractivity contribution in [2.24, 2.45) is 11.8 Å². The van der Waals surface area contributed by atoms with Crippen molar-refractivity contribution in [3.63, 3.8) is 0 Å². The molecule has 0 radical (unpaired) electrons. The zero-order valence-electron chi connectivity index (χ0n) is 23.1. The third kappa shape index (κ3) is 5.76. The Morgan fingerprint density at radius 1 is 0.865 bits per heavy atom. The average molecular weight is 494 g/mol. The molecule has 2 heterocycles. The van der Waals surface area contributed by atoms with E-state index in [9.17, 15) is 0 Å². The summed E-state index contributed by atoms with van der Waals surface area (Å²) in [7, 11) is -0.356. The summed E-state index contributed by atoms with van der Waals surface area (Å²) in [5.74, 6) is 1.45. The molecule has 2 aromatic carbocycles. The summed E-state index contributed by atoms with van der Waals surface area (Å²) in [6, 6.07) is 23.6. The van der Waals surface area contributed by atoms with E-state index < -0.39 is 0 Å². The van der Waals surface area contributed by atoms with Crippen LogP contribution in [0, 0.1) is 11.8 Å². The Labute approximate surface area is 223 Å². The predicted molar refractivity (Wildman–Crippen MR) is 155 cm³/mol. The van der Waals surface area contributed by atoms with Crippen LogP contribution in [0.25, 0.3) is 22.4 Å². The van der Waals surface area contributed by atoms with E-state index in [2.05, 4.69) is 108 Å². The Balaban J connectivity index is 1.40. The van der Waals surface area contributed by atoms with Gasteiger partial charge in [0.1, 0.15) is 0 Å². The smallest absolute Gasteiger partial charge is 0.399 e. The number of aryl methyl sites for hydroxylation is 1. The van der Waals surface area contributed by atoms with Gasteiger partial charge in [0.25, 0.3) is 0 Å². The maximum Gasteiger partial charge on any atom is 0.494 e. The summed E-state index contributed by atoms with van der Waals surface area (Å²) < 4.78 is 12.5. The molecule has 2 aliphatic rings. The zero-order chi connectivity index (χ0) is 26.2. The normalized spacial score (nSPS) is 22.8. The van der Waals surface area contributed by atoms with E-state index in [-0.39, 0.29) is 18.3 Å². The Hall–Kier alpha value is -2.69. The number of nitrogens with zero attached hydrogens (tertiary/aromatic N) is 1. The lowest BCUT2D eigenvalue weighted by atomic mass is 9.78. The van der Waals surface area contributed by atoms with E-state index in [1.165, 1.54) is 29.5 Å². The number of pyridine rings is 1. The highest BCUT2D eigenvalue weighted by atomic mass is 16.7. The van der Waals surface area contributed by atoms with Gasteiger partial charge in [0, 0.05) is 11.3 Å². The zero-order valence-corrected chi connectivity index (χ0v) is 23.1. The van der Waals surface area contributed by atoms with Crippen LogP contribution in [0.15, 0.2) is 78.9 Å². The van der Waals surface area contributed by atoms with Gasteiger partial charge in [-0.1, -0.05) is 73.7 Å². The van der Waals surface area contributed by atoms with Gasteiger partial charge in [-0.3, -0.25) is 4.98 Å². The SMILES string of the molecule is C=C1CC(C)CC(CCc2cc(-c3ccccc3)cc(-c3ccc(B4OC(C)(C)C(C)(C)O4)cc3)n2)C1. The molecule has 2 unspecified atom stereocenters. The molecule has 3 nitrogen and oxygen atoms in total. The molecule has 5 rings (SSSR count). The van der Waals surface area contributed by atoms with Gasteiger partial charge in [-0.05, 0) is 100 Å². The fourth-order valence-corrected chi connectivity index (χ4v) is 5.74. The largest absolute Gasteiger partial charge is 0.494 e. The topological polar surface area (TPSA) is 31.4 Å². The minimum atomic E-state index is -0.356. The molecule has 3 aromatic rings. The predicted octanol–water partition coefficient (Wildman–Crippen LogP) is 7.64. The van der Waals surface area contributed by atoms with Crippen molar-refractivity contribution in [3.05, 3.63) is 84.6 Å². The van der Waals surface area contributed by atoms with E-state index >= 15 is 0 Å². The lowest BCUT2D eigenvalue weighted by molar-refractivity contribution is 0.00578. The fraction of sp³-hybridized carbons (Fsp3) is 0.424. The van der Waals surface area contributed by atoms with Crippen LogP contribution in [0.1, 0.15) is 66.0 Å². The first kappa shape index (κ1) is 25.9. The molecule has 192 valence electrons. The summed E-state index contributed by atoms with van der Waals surface area (Å²) in [5, 5.41) is 0. The number of rotatable bonds is 6. The highest BCUT2D eigenvalue weighted by molar-refractivity contribution is 6.62. The molecule has 0 N–H and O–H groups in total. The summed E-state index contributed by atoms with van der Waals surface area (Å²) in [5.41, 5.74) is 7.48. The van der Waals surface area contributed by atoms with Gasteiger partial charge in [-0.2, -0.15) is 0 Å². The summed E-state index contributed by atoms with van der Waals surface area (Å²) in [4.78, 5) is 5.14. The van der Waals surface area contributed by atoms with Crippen molar-refractivity contribution in [2.45, 2.75) is 77.9 Å². The highest BCUT2D eigenvalue weighted by Crippen LogP contribution is 2.37. The second-order valence-corrected chi connectivity index (χ2v) is 12.2. The Morgan fingerprint density at radius 3 is 2.19 bits per heavy atom. The second-order valence-electron chi connectivity index (χ2n) is 12.2. The van der Waals surface area contributed by atoms with Crippen molar-refractivity contribution in [2.75, 3.05) is 0 Å². The molecule has 1 aromatic heterocycles. The van der Waals surface area contributed by atoms with Gasteiger partial charge in [-0.25, -0.2) is 0 Å². The van der Waals surface area contributed by atoms with Crippen LogP contribution in [0.4, 0.5) is 0 Å². The number of hydrogen-bond acceptors (Lipinski definition) is 3. The molecule has 1 aliphatic heterocycles. The van der Waals surface area contributed by atoms with Crippen LogP contribution >= 0.6 is 0 Å². The molecule has 1 saturated carbocycles. The lowest BCUT2D eigenvalue weighted by Crippen LogP contribution is -2.41. The first-order valence-electron chi connectivity index (χ1n) is 13.8. The lowest BCUT2D eigenvalue weighted by Gasteiger charge is -2.32. The molecule has 0 bridgehead atoms. The van der Waals surface area contributed by atoms with Crippen molar-refractivity contribution >= 4 is 12.6 Å². The van der Waals surface area contributed by atoms with Crippen molar-refractivity contribution < 1.29 is 9.31 Å². The summed E-state index contributed by atoms with van der Waals surface area (Å²) in [6.45, 7) is 15.0. The van der Waals surface area contributed by atoms with Gasteiger partial charge in [0.2, 0.25) is 0 Å². The second kappa shape index (κ2) is 10.2. The summed E-state index contributed by atoms with van der Waals surface area (Å²) >= 11 is 0. The van der Waals surface area contributed by atoms with Crippen LogP contribution in [-0.2, 0) is 15.7 Å². The number of hydrogen-bond donors (Lipinski definition) is 0. The minimum Gasteiger partial charge on any atom is -0.399 e. The van der Waals surface area contributed by atoms with Crippen LogP contribution in [-0.4, -0.2) is 23.3 Å². The molecular formula is C33H40BNO2. The standard InChI is InChI=1S/C33H40BNO2/c1-23-18-24(2)20-25(19-23)12-17-30-21-28(26-10-8-7-9-11-26)22-31(35-30)27-13-15-29(16-14-27)34-36-32(3,4)33(5,6)37-34/h7-11,13-16,21-22,24-25H,1,12,17-20H2,2-6H3. The minimum absolute atomic E-state index is 0.348. The van der Waals surface area contributed by atoms with Gasteiger partial charge in [0.15, 0.2) is 0 Å². The van der Waals surface area contributed by atoms with Crippen LogP contribution in [0.2, 0.25) is 0 Å². The number of benzene rings is 2. The molecule has 1 saturated heterocycles. The third-order valence-corrected chi connectivity index (χ3v) is 8.48. The Morgan fingerprint density at radius 2 is 1.54 bits per heavy atom. The van der Waals surface area contributed by atoms with E-state index in [1.807, 2.05) is 0 Å². The Kier molecular flexibility index (Phi) is 7.17. The number of aromatic nitrogens is 1. The summed E-state index contributed by atoms with van der Waals surface area (Å²) in [6.07, 6.45) is 5.80. The Bertz CT molecular complexity index is 1230. The van der Waals surface area contributed by atoms with E-state index in [0.717, 1.165) is 47.6 Å². The molecule has 2 fully saturated rings. The van der Waals surface area contributed by atoms with Gasteiger partial charge in [-0.15, -0.1) is 0 Å². The molecule has 0 spiro atoms. The monoisotopic (exact) mass is 493 g/mol. The molecule has 37 heavy (non-hydrogen) atoms. The van der Waals surface area contributed by atoms with E-state index in [1.54, 1.807) is 0 Å². The molecular weight excluding hydrogens is 453 g/mol. The maximum atomic E-state index is 6.25. The molecule has 2 atom stereocenters. The molecule has 1 aliphatic carbocycles. The van der Waals surface area contributed by atoms with Crippen LogP contribution < -0.4 is 5.46 Å². The van der Waals surface area contributed by atoms with Crippen LogP contribution in [0.5, 0.6) is 0 Å². The average Bonchev–Trinajstić information content (AvgIpc) is 3.09. The van der Waals surface area contributed by atoms with Crippen molar-refractivity contribution in [3.8, 4) is 22.4 Å². The highest BCUT2D eigenvalue weighted by Gasteiger charge is 2.51.